The molecule has 2 aliphatic rings. The molecule has 3 amide bonds. The largest absolute Gasteiger partial charge is 0.333 e. The van der Waals surface area contributed by atoms with Crippen molar-refractivity contribution in [3.8, 4) is 0 Å². The molecule has 5 nitrogen and oxygen atoms in total. The highest BCUT2D eigenvalue weighted by atomic mass is 16.2. The zero-order chi connectivity index (χ0) is 16.2. The Labute approximate surface area is 126 Å². The first kappa shape index (κ1) is 16.0. The van der Waals surface area contributed by atoms with Crippen molar-refractivity contribution in [2.45, 2.75) is 77.9 Å². The van der Waals surface area contributed by atoms with Crippen LogP contribution in [0.2, 0.25) is 0 Å². The summed E-state index contributed by atoms with van der Waals surface area (Å²) in [5, 5.41) is 0. The van der Waals surface area contributed by atoms with Gasteiger partial charge in [-0.15, -0.1) is 0 Å². The molecule has 1 atom stereocenters. The second kappa shape index (κ2) is 4.82. The average molecular weight is 294 g/mol. The Balaban J connectivity index is 2.32. The fourth-order valence-corrected chi connectivity index (χ4v) is 4.45. The predicted molar refractivity (Wildman–Crippen MR) is 79.3 cm³/mol. The van der Waals surface area contributed by atoms with E-state index in [0.29, 0.717) is 19.3 Å². The van der Waals surface area contributed by atoms with E-state index in [2.05, 4.69) is 0 Å². The molecule has 2 rings (SSSR count). The van der Waals surface area contributed by atoms with Crippen LogP contribution in [-0.2, 0) is 14.4 Å². The standard InChI is InChI=1S/C16H26N2O3/c1-10-7-13(20)17(14(10)21)12-8-15(3,4)18(11(2)19)16(5,6)9-12/h10,12H,7-9H2,1-6H3. The molecule has 0 spiro atoms. The van der Waals surface area contributed by atoms with Gasteiger partial charge in [-0.2, -0.15) is 0 Å². The highest BCUT2D eigenvalue weighted by Gasteiger charge is 2.51. The maximum Gasteiger partial charge on any atom is 0.232 e. The zero-order valence-electron chi connectivity index (χ0n) is 13.9. The lowest BCUT2D eigenvalue weighted by molar-refractivity contribution is -0.155. The lowest BCUT2D eigenvalue weighted by Gasteiger charge is -2.56. The number of likely N-dealkylation sites (tertiary alicyclic amines) is 2. The van der Waals surface area contributed by atoms with Crippen molar-refractivity contribution in [2.75, 3.05) is 0 Å². The third-order valence-corrected chi connectivity index (χ3v) is 4.77. The molecule has 0 aliphatic carbocycles. The van der Waals surface area contributed by atoms with Crippen molar-refractivity contribution in [3.63, 3.8) is 0 Å². The Morgan fingerprint density at radius 1 is 1.10 bits per heavy atom. The van der Waals surface area contributed by atoms with Crippen LogP contribution in [0.15, 0.2) is 0 Å². The third-order valence-electron chi connectivity index (χ3n) is 4.77. The van der Waals surface area contributed by atoms with E-state index in [-0.39, 0.29) is 40.8 Å². The summed E-state index contributed by atoms with van der Waals surface area (Å²) in [6, 6.07) is -0.115. The monoisotopic (exact) mass is 294 g/mol. The van der Waals surface area contributed by atoms with Gasteiger partial charge >= 0.3 is 0 Å². The van der Waals surface area contributed by atoms with Crippen LogP contribution in [0.5, 0.6) is 0 Å². The molecule has 2 heterocycles. The molecule has 2 aliphatic heterocycles. The minimum absolute atomic E-state index is 0.0379. The highest BCUT2D eigenvalue weighted by molar-refractivity contribution is 6.03. The molecule has 0 bridgehead atoms. The number of imide groups is 1. The Morgan fingerprint density at radius 3 is 1.90 bits per heavy atom. The van der Waals surface area contributed by atoms with Gasteiger partial charge in [0.2, 0.25) is 17.7 Å². The van der Waals surface area contributed by atoms with Crippen LogP contribution < -0.4 is 0 Å². The van der Waals surface area contributed by atoms with Gasteiger partial charge < -0.3 is 4.90 Å². The summed E-state index contributed by atoms with van der Waals surface area (Å²) in [6.45, 7) is 11.4. The highest BCUT2D eigenvalue weighted by Crippen LogP contribution is 2.41. The van der Waals surface area contributed by atoms with E-state index in [1.807, 2.05) is 32.6 Å². The number of piperidine rings is 1. The van der Waals surface area contributed by atoms with Gasteiger partial charge in [0.1, 0.15) is 0 Å². The first-order chi connectivity index (χ1) is 9.47. The van der Waals surface area contributed by atoms with Gasteiger partial charge in [-0.1, -0.05) is 6.92 Å². The van der Waals surface area contributed by atoms with Gasteiger partial charge in [-0.05, 0) is 40.5 Å². The molecule has 0 aromatic heterocycles. The van der Waals surface area contributed by atoms with Gasteiger partial charge in [0.15, 0.2) is 0 Å². The third kappa shape index (κ3) is 2.58. The van der Waals surface area contributed by atoms with Gasteiger partial charge in [-0.3, -0.25) is 19.3 Å². The number of carbonyl (C=O) groups is 3. The van der Waals surface area contributed by atoms with Crippen LogP contribution in [0.4, 0.5) is 0 Å². The zero-order valence-corrected chi connectivity index (χ0v) is 13.9. The molecule has 0 aromatic carbocycles. The van der Waals surface area contributed by atoms with Crippen LogP contribution in [-0.4, -0.2) is 44.6 Å². The van der Waals surface area contributed by atoms with Crippen LogP contribution in [0, 0.1) is 5.92 Å². The van der Waals surface area contributed by atoms with Crippen molar-refractivity contribution in [1.82, 2.24) is 9.80 Å². The Hall–Kier alpha value is -1.39. The SMILES string of the molecule is CC(=O)N1C(C)(C)CC(N2C(=O)CC(C)C2=O)CC1(C)C. The van der Waals surface area contributed by atoms with Crippen molar-refractivity contribution in [1.29, 1.82) is 0 Å². The molecule has 1 unspecified atom stereocenters. The number of rotatable bonds is 1. The number of nitrogens with zero attached hydrogens (tertiary/aromatic N) is 2. The number of hydrogen-bond acceptors (Lipinski definition) is 3. The summed E-state index contributed by atoms with van der Waals surface area (Å²) in [4.78, 5) is 39.8. The van der Waals surface area contributed by atoms with Crippen molar-refractivity contribution in [3.05, 3.63) is 0 Å². The van der Waals surface area contributed by atoms with Crippen molar-refractivity contribution < 1.29 is 14.4 Å². The van der Waals surface area contributed by atoms with Crippen LogP contribution in [0.25, 0.3) is 0 Å². The quantitative estimate of drug-likeness (QED) is 0.695. The molecule has 2 saturated heterocycles. The van der Waals surface area contributed by atoms with E-state index < -0.39 is 0 Å². The van der Waals surface area contributed by atoms with Crippen molar-refractivity contribution >= 4 is 17.7 Å². The first-order valence-corrected chi connectivity index (χ1v) is 7.64. The van der Waals surface area contributed by atoms with Gasteiger partial charge in [0.25, 0.3) is 0 Å². The van der Waals surface area contributed by atoms with E-state index in [1.165, 1.54) is 4.90 Å². The second-order valence-corrected chi connectivity index (χ2v) is 7.75. The number of carbonyl (C=O) groups excluding carboxylic acids is 3. The molecule has 0 aromatic rings. The maximum atomic E-state index is 12.3. The first-order valence-electron chi connectivity index (χ1n) is 7.64. The maximum absolute atomic E-state index is 12.3. The Kier molecular flexibility index (Phi) is 3.67. The van der Waals surface area contributed by atoms with Crippen LogP contribution in [0.3, 0.4) is 0 Å². The minimum Gasteiger partial charge on any atom is -0.333 e. The van der Waals surface area contributed by atoms with E-state index in [0.717, 1.165) is 0 Å². The molecule has 0 radical (unpaired) electrons. The minimum atomic E-state index is -0.370. The Bertz CT molecular complexity index is 478. The molecule has 2 fully saturated rings. The van der Waals surface area contributed by atoms with E-state index in [1.54, 1.807) is 13.8 Å². The van der Waals surface area contributed by atoms with Gasteiger partial charge in [-0.25, -0.2) is 0 Å². The molecular formula is C16H26N2O3. The van der Waals surface area contributed by atoms with Crippen LogP contribution in [0.1, 0.15) is 60.8 Å². The molecular weight excluding hydrogens is 268 g/mol. The summed E-state index contributed by atoms with van der Waals surface area (Å²) in [5.74, 6) is -0.307. The summed E-state index contributed by atoms with van der Waals surface area (Å²) >= 11 is 0. The molecule has 5 heteroatoms. The molecule has 21 heavy (non-hydrogen) atoms. The van der Waals surface area contributed by atoms with Gasteiger partial charge in [0.05, 0.1) is 0 Å². The van der Waals surface area contributed by atoms with Crippen molar-refractivity contribution in [2.24, 2.45) is 5.92 Å². The smallest absolute Gasteiger partial charge is 0.232 e. The summed E-state index contributed by atoms with van der Waals surface area (Å²) < 4.78 is 0. The Morgan fingerprint density at radius 2 is 1.57 bits per heavy atom. The number of hydrogen-bond donors (Lipinski definition) is 0. The van der Waals surface area contributed by atoms with E-state index in [4.69, 9.17) is 0 Å². The van der Waals surface area contributed by atoms with Gasteiger partial charge in [0, 0.05) is 36.4 Å². The normalized spacial score (nSPS) is 29.1. The van der Waals surface area contributed by atoms with E-state index >= 15 is 0 Å². The fraction of sp³-hybridized carbons (Fsp3) is 0.812. The second-order valence-electron chi connectivity index (χ2n) is 7.75. The van der Waals surface area contributed by atoms with E-state index in [9.17, 15) is 14.4 Å². The molecule has 0 saturated carbocycles. The summed E-state index contributed by atoms with van der Waals surface area (Å²) in [7, 11) is 0. The number of amides is 3. The molecule has 118 valence electrons. The topological polar surface area (TPSA) is 57.7 Å². The lowest BCUT2D eigenvalue weighted by Crippen LogP contribution is -2.66. The predicted octanol–water partition coefficient (Wildman–Crippen LogP) is 1.95. The fourth-order valence-electron chi connectivity index (χ4n) is 4.45. The summed E-state index contributed by atoms with van der Waals surface area (Å²) in [6.07, 6.45) is 1.59. The van der Waals surface area contributed by atoms with Crippen LogP contribution >= 0.6 is 0 Å². The lowest BCUT2D eigenvalue weighted by atomic mass is 9.76. The summed E-state index contributed by atoms with van der Waals surface area (Å²) in [5.41, 5.74) is -0.741. The molecule has 0 N–H and O–H groups in total. The average Bonchev–Trinajstić information content (AvgIpc) is 2.47.